The van der Waals surface area contributed by atoms with Crippen molar-refractivity contribution in [3.8, 4) is 0 Å². The molecule has 0 amide bonds. The van der Waals surface area contributed by atoms with Crippen molar-refractivity contribution in [2.75, 3.05) is 6.61 Å². The molecule has 21 heavy (non-hydrogen) atoms. The molecule has 0 aliphatic carbocycles. The van der Waals surface area contributed by atoms with Gasteiger partial charge >= 0.3 is 5.97 Å². The van der Waals surface area contributed by atoms with E-state index in [1.54, 1.807) is 6.92 Å². The minimum Gasteiger partial charge on any atom is -0.460 e. The standard InChI is InChI=1S/C15H32O5Si/c1-11(20-12(2)16)14(18)10-13(17)8-9-19-21(6,7)15(3,4)5/h11,13-14,17-18H,8-10H2,1-7H3/t11-,13+,14-/m1/s1. The molecule has 0 spiro atoms. The molecule has 0 aromatic rings. The first-order chi connectivity index (χ1) is 9.36. The highest BCUT2D eigenvalue weighted by atomic mass is 28.4. The van der Waals surface area contributed by atoms with E-state index in [0.29, 0.717) is 13.0 Å². The molecule has 0 fully saturated rings. The highest BCUT2D eigenvalue weighted by Gasteiger charge is 2.37. The number of hydrogen-bond donors (Lipinski definition) is 2. The fourth-order valence-electron chi connectivity index (χ4n) is 1.60. The average molecular weight is 321 g/mol. The lowest BCUT2D eigenvalue weighted by Crippen LogP contribution is -2.41. The van der Waals surface area contributed by atoms with Crippen LogP contribution in [0.4, 0.5) is 0 Å². The van der Waals surface area contributed by atoms with Crippen LogP contribution >= 0.6 is 0 Å². The third-order valence-electron chi connectivity index (χ3n) is 4.13. The van der Waals surface area contributed by atoms with Crippen LogP contribution in [0.3, 0.4) is 0 Å². The largest absolute Gasteiger partial charge is 0.460 e. The van der Waals surface area contributed by atoms with Gasteiger partial charge in [-0.15, -0.1) is 0 Å². The van der Waals surface area contributed by atoms with Gasteiger partial charge in [0.1, 0.15) is 6.10 Å². The smallest absolute Gasteiger partial charge is 0.302 e. The topological polar surface area (TPSA) is 76.0 Å². The molecule has 6 heteroatoms. The van der Waals surface area contributed by atoms with E-state index in [4.69, 9.17) is 9.16 Å². The number of rotatable bonds is 8. The van der Waals surface area contributed by atoms with Crippen LogP contribution in [0.2, 0.25) is 18.1 Å². The van der Waals surface area contributed by atoms with Gasteiger partial charge in [-0.05, 0) is 31.5 Å². The Hall–Kier alpha value is -0.433. The van der Waals surface area contributed by atoms with Crippen molar-refractivity contribution >= 4 is 14.3 Å². The molecule has 0 aliphatic rings. The van der Waals surface area contributed by atoms with Crippen molar-refractivity contribution < 1.29 is 24.2 Å². The van der Waals surface area contributed by atoms with Crippen molar-refractivity contribution in [1.82, 2.24) is 0 Å². The third-order valence-corrected chi connectivity index (χ3v) is 8.67. The molecule has 0 rings (SSSR count). The molecule has 0 aliphatic heterocycles. The van der Waals surface area contributed by atoms with E-state index in [0.717, 1.165) is 0 Å². The Balaban J connectivity index is 4.11. The number of aliphatic hydroxyl groups excluding tert-OH is 2. The second kappa shape index (κ2) is 8.27. The Morgan fingerprint density at radius 2 is 1.76 bits per heavy atom. The number of carbonyl (C=O) groups excluding carboxylic acids is 1. The van der Waals surface area contributed by atoms with Crippen LogP contribution in [-0.2, 0) is 14.0 Å². The van der Waals surface area contributed by atoms with Crippen LogP contribution in [0.5, 0.6) is 0 Å². The van der Waals surface area contributed by atoms with Crippen LogP contribution in [0.25, 0.3) is 0 Å². The Morgan fingerprint density at radius 3 is 2.19 bits per heavy atom. The summed E-state index contributed by atoms with van der Waals surface area (Å²) in [6.45, 7) is 14.2. The molecule has 0 aromatic carbocycles. The van der Waals surface area contributed by atoms with Crippen LogP contribution in [0, 0.1) is 0 Å². The van der Waals surface area contributed by atoms with Crippen molar-refractivity contribution in [2.45, 2.75) is 83.9 Å². The third kappa shape index (κ3) is 7.95. The van der Waals surface area contributed by atoms with Gasteiger partial charge in [0, 0.05) is 20.0 Å². The fraction of sp³-hybridized carbons (Fsp3) is 0.933. The van der Waals surface area contributed by atoms with Crippen molar-refractivity contribution in [3.63, 3.8) is 0 Å². The first-order valence-electron chi connectivity index (χ1n) is 7.54. The Labute approximate surface area is 129 Å². The van der Waals surface area contributed by atoms with Gasteiger partial charge in [0.15, 0.2) is 8.32 Å². The van der Waals surface area contributed by atoms with Crippen LogP contribution < -0.4 is 0 Å². The Kier molecular flexibility index (Phi) is 8.10. The van der Waals surface area contributed by atoms with E-state index in [-0.39, 0.29) is 11.5 Å². The second-order valence-corrected chi connectivity index (χ2v) is 12.0. The summed E-state index contributed by atoms with van der Waals surface area (Å²) in [5, 5.41) is 19.9. The Morgan fingerprint density at radius 1 is 1.24 bits per heavy atom. The van der Waals surface area contributed by atoms with E-state index >= 15 is 0 Å². The lowest BCUT2D eigenvalue weighted by atomic mass is 10.1. The predicted octanol–water partition coefficient (Wildman–Crippen LogP) is 2.46. The van der Waals surface area contributed by atoms with Crippen LogP contribution in [0.15, 0.2) is 0 Å². The SMILES string of the molecule is CC(=O)O[C@H](C)[C@H](O)C[C@@H](O)CCO[Si](C)(C)C(C)(C)C. The van der Waals surface area contributed by atoms with E-state index in [1.165, 1.54) is 6.92 Å². The fourth-order valence-corrected chi connectivity index (χ4v) is 2.66. The highest BCUT2D eigenvalue weighted by molar-refractivity contribution is 6.74. The Bertz CT molecular complexity index is 325. The number of aliphatic hydroxyl groups is 2. The number of esters is 1. The van der Waals surface area contributed by atoms with Gasteiger partial charge in [0.25, 0.3) is 0 Å². The molecular weight excluding hydrogens is 288 g/mol. The minimum absolute atomic E-state index is 0.140. The van der Waals surface area contributed by atoms with Gasteiger partial charge in [-0.3, -0.25) is 4.79 Å². The summed E-state index contributed by atoms with van der Waals surface area (Å²) in [5.41, 5.74) is 0. The second-order valence-electron chi connectivity index (χ2n) is 7.17. The van der Waals surface area contributed by atoms with E-state index in [9.17, 15) is 15.0 Å². The van der Waals surface area contributed by atoms with Gasteiger partial charge < -0.3 is 19.4 Å². The molecule has 126 valence electrons. The maximum Gasteiger partial charge on any atom is 0.302 e. The molecule has 2 N–H and O–H groups in total. The molecule has 0 heterocycles. The first kappa shape index (κ1) is 20.6. The lowest BCUT2D eigenvalue weighted by Gasteiger charge is -2.36. The zero-order valence-electron chi connectivity index (χ0n) is 14.5. The highest BCUT2D eigenvalue weighted by Crippen LogP contribution is 2.36. The maximum absolute atomic E-state index is 10.8. The summed E-state index contributed by atoms with van der Waals surface area (Å²) in [6, 6.07) is 0. The molecule has 3 atom stereocenters. The zero-order chi connectivity index (χ0) is 16.8. The average Bonchev–Trinajstić information content (AvgIpc) is 2.25. The molecule has 0 saturated heterocycles. The number of ether oxygens (including phenoxy) is 1. The zero-order valence-corrected chi connectivity index (χ0v) is 15.5. The van der Waals surface area contributed by atoms with E-state index in [2.05, 4.69) is 33.9 Å². The van der Waals surface area contributed by atoms with Gasteiger partial charge in [0.05, 0.1) is 12.2 Å². The van der Waals surface area contributed by atoms with Gasteiger partial charge in [-0.25, -0.2) is 0 Å². The van der Waals surface area contributed by atoms with Crippen LogP contribution in [0.1, 0.15) is 47.5 Å². The molecule has 0 bridgehead atoms. The van der Waals surface area contributed by atoms with E-state index < -0.39 is 32.6 Å². The maximum atomic E-state index is 10.8. The number of hydrogen-bond acceptors (Lipinski definition) is 5. The normalized spacial score (nSPS) is 17.2. The monoisotopic (exact) mass is 320 g/mol. The predicted molar refractivity (Wildman–Crippen MR) is 85.6 cm³/mol. The van der Waals surface area contributed by atoms with Crippen molar-refractivity contribution in [2.24, 2.45) is 0 Å². The molecule has 0 unspecified atom stereocenters. The molecule has 0 saturated carbocycles. The summed E-state index contributed by atoms with van der Waals surface area (Å²) >= 11 is 0. The quantitative estimate of drug-likeness (QED) is 0.531. The van der Waals surface area contributed by atoms with E-state index in [1.807, 2.05) is 0 Å². The van der Waals surface area contributed by atoms with Crippen molar-refractivity contribution in [3.05, 3.63) is 0 Å². The van der Waals surface area contributed by atoms with Crippen molar-refractivity contribution in [1.29, 1.82) is 0 Å². The first-order valence-corrected chi connectivity index (χ1v) is 10.4. The molecule has 5 nitrogen and oxygen atoms in total. The summed E-state index contributed by atoms with van der Waals surface area (Å²) in [5.74, 6) is -0.433. The lowest BCUT2D eigenvalue weighted by molar-refractivity contribution is -0.152. The van der Waals surface area contributed by atoms with Gasteiger partial charge in [-0.2, -0.15) is 0 Å². The molecular formula is C15H32O5Si. The molecule has 0 radical (unpaired) electrons. The minimum atomic E-state index is -1.80. The summed E-state index contributed by atoms with van der Waals surface area (Å²) in [7, 11) is -1.80. The summed E-state index contributed by atoms with van der Waals surface area (Å²) < 4.78 is 10.9. The van der Waals surface area contributed by atoms with Crippen LogP contribution in [-0.4, -0.2) is 49.4 Å². The van der Waals surface area contributed by atoms with Gasteiger partial charge in [-0.1, -0.05) is 20.8 Å². The number of carbonyl (C=O) groups is 1. The summed E-state index contributed by atoms with van der Waals surface area (Å²) in [6.07, 6.45) is -1.50. The molecule has 0 aromatic heterocycles. The summed E-state index contributed by atoms with van der Waals surface area (Å²) in [4.78, 5) is 10.8. The van der Waals surface area contributed by atoms with Gasteiger partial charge in [0.2, 0.25) is 0 Å².